The lowest BCUT2D eigenvalue weighted by molar-refractivity contribution is -0.0813. The number of nitrogens with two attached hydrogens (primary N) is 1. The average molecular weight is 277 g/mol. The Hall–Kier alpha value is -0.510. The molecule has 0 saturated carbocycles. The maximum Gasteiger partial charge on any atom is 0.0783 e. The van der Waals surface area contributed by atoms with E-state index in [0.29, 0.717) is 0 Å². The van der Waals surface area contributed by atoms with E-state index in [4.69, 9.17) is 10.5 Å². The number of thioether (sulfide) groups is 1. The highest BCUT2D eigenvalue weighted by Gasteiger charge is 2.40. The van der Waals surface area contributed by atoms with Gasteiger partial charge in [0.15, 0.2) is 0 Å². The molecule has 1 spiro atoms. The maximum absolute atomic E-state index is 6.37. The summed E-state index contributed by atoms with van der Waals surface area (Å²) in [5, 5.41) is 0. The van der Waals surface area contributed by atoms with Crippen LogP contribution in [-0.2, 0) is 4.74 Å². The molecule has 19 heavy (non-hydrogen) atoms. The Kier molecular flexibility index (Phi) is 4.15. The third kappa shape index (κ3) is 3.15. The maximum atomic E-state index is 6.37. The lowest BCUT2D eigenvalue weighted by Crippen LogP contribution is -2.40. The summed E-state index contributed by atoms with van der Waals surface area (Å²) in [6.45, 7) is 0.923. The fraction of sp³-hybridized carbons (Fsp3) is 0.625. The first-order chi connectivity index (χ1) is 9.27. The molecule has 2 saturated heterocycles. The number of ether oxygens (including phenoxy) is 1. The Balaban J connectivity index is 1.60. The molecule has 2 heterocycles. The summed E-state index contributed by atoms with van der Waals surface area (Å²) in [6.07, 6.45) is 4.71. The van der Waals surface area contributed by atoms with Crippen LogP contribution in [0.4, 0.5) is 0 Å². The van der Waals surface area contributed by atoms with Crippen molar-refractivity contribution in [1.82, 2.24) is 0 Å². The molecule has 2 aliphatic heterocycles. The number of hydrogen-bond donors (Lipinski definition) is 1. The number of hydrogen-bond acceptors (Lipinski definition) is 3. The molecule has 0 aromatic heterocycles. The predicted octanol–water partition coefficient (Wildman–Crippen LogP) is 3.38. The molecule has 2 nitrogen and oxygen atoms in total. The number of benzene rings is 1. The van der Waals surface area contributed by atoms with E-state index in [0.717, 1.165) is 18.9 Å². The molecule has 3 heteroatoms. The first-order valence-corrected chi connectivity index (χ1v) is 8.45. The van der Waals surface area contributed by atoms with Crippen LogP contribution in [0.25, 0.3) is 0 Å². The van der Waals surface area contributed by atoms with Crippen molar-refractivity contribution in [1.29, 1.82) is 0 Å². The van der Waals surface area contributed by atoms with Gasteiger partial charge in [-0.05, 0) is 42.9 Å². The van der Waals surface area contributed by atoms with Crippen LogP contribution in [-0.4, -0.2) is 23.7 Å². The summed E-state index contributed by atoms with van der Waals surface area (Å²) in [5.41, 5.74) is 7.82. The molecule has 3 atom stereocenters. The van der Waals surface area contributed by atoms with Crippen LogP contribution >= 0.6 is 11.8 Å². The SMILES string of the molecule is NC(CC1CCOC2(CCSC2)C1)c1ccccc1. The minimum Gasteiger partial charge on any atom is -0.374 e. The first kappa shape index (κ1) is 13.5. The molecular formula is C16H23NOS. The van der Waals surface area contributed by atoms with Crippen LogP contribution in [0.5, 0.6) is 0 Å². The zero-order chi connectivity index (χ0) is 13.1. The van der Waals surface area contributed by atoms with E-state index in [-0.39, 0.29) is 11.6 Å². The van der Waals surface area contributed by atoms with E-state index in [2.05, 4.69) is 30.3 Å². The van der Waals surface area contributed by atoms with Gasteiger partial charge in [-0.15, -0.1) is 0 Å². The van der Waals surface area contributed by atoms with Crippen LogP contribution < -0.4 is 5.73 Å². The molecule has 2 aliphatic rings. The third-order valence-electron chi connectivity index (χ3n) is 4.48. The summed E-state index contributed by atoms with van der Waals surface area (Å²) in [4.78, 5) is 0. The molecule has 2 N–H and O–H groups in total. The summed E-state index contributed by atoms with van der Waals surface area (Å²) in [6, 6.07) is 10.7. The molecule has 0 aliphatic carbocycles. The van der Waals surface area contributed by atoms with Gasteiger partial charge in [0.2, 0.25) is 0 Å². The zero-order valence-electron chi connectivity index (χ0n) is 11.4. The minimum atomic E-state index is 0.176. The van der Waals surface area contributed by atoms with E-state index >= 15 is 0 Å². The van der Waals surface area contributed by atoms with Crippen LogP contribution in [0.1, 0.15) is 37.3 Å². The van der Waals surface area contributed by atoms with Crippen LogP contribution in [0.2, 0.25) is 0 Å². The van der Waals surface area contributed by atoms with E-state index in [1.807, 2.05) is 11.8 Å². The van der Waals surface area contributed by atoms with Gasteiger partial charge in [0.05, 0.1) is 5.60 Å². The highest BCUT2D eigenvalue weighted by Crippen LogP contribution is 2.42. The molecule has 1 aromatic carbocycles. The summed E-state index contributed by atoms with van der Waals surface area (Å²) >= 11 is 2.04. The Morgan fingerprint density at radius 3 is 2.95 bits per heavy atom. The Morgan fingerprint density at radius 1 is 1.37 bits per heavy atom. The number of rotatable bonds is 3. The molecule has 1 aromatic rings. The second-order valence-electron chi connectivity index (χ2n) is 5.95. The zero-order valence-corrected chi connectivity index (χ0v) is 12.2. The van der Waals surface area contributed by atoms with Crippen LogP contribution in [0.15, 0.2) is 30.3 Å². The quantitative estimate of drug-likeness (QED) is 0.920. The van der Waals surface area contributed by atoms with Gasteiger partial charge in [0.1, 0.15) is 0 Å². The van der Waals surface area contributed by atoms with Gasteiger partial charge in [-0.3, -0.25) is 0 Å². The largest absolute Gasteiger partial charge is 0.374 e. The molecule has 104 valence electrons. The van der Waals surface area contributed by atoms with E-state index in [9.17, 15) is 0 Å². The lowest BCUT2D eigenvalue weighted by atomic mass is 9.81. The molecule has 3 rings (SSSR count). The molecule has 0 bridgehead atoms. The van der Waals surface area contributed by atoms with Crippen LogP contribution in [0, 0.1) is 5.92 Å². The predicted molar refractivity (Wildman–Crippen MR) is 81.3 cm³/mol. The van der Waals surface area contributed by atoms with Crippen LogP contribution in [0.3, 0.4) is 0 Å². The molecule has 3 unspecified atom stereocenters. The van der Waals surface area contributed by atoms with Gasteiger partial charge in [-0.2, -0.15) is 11.8 Å². The van der Waals surface area contributed by atoms with Crippen molar-refractivity contribution in [3.63, 3.8) is 0 Å². The fourth-order valence-corrected chi connectivity index (χ4v) is 4.77. The lowest BCUT2D eigenvalue weighted by Gasteiger charge is -2.38. The van der Waals surface area contributed by atoms with E-state index < -0.39 is 0 Å². The van der Waals surface area contributed by atoms with Crippen molar-refractivity contribution in [3.8, 4) is 0 Å². The normalized spacial score (nSPS) is 32.6. The van der Waals surface area contributed by atoms with Gasteiger partial charge in [-0.25, -0.2) is 0 Å². The van der Waals surface area contributed by atoms with Gasteiger partial charge in [-0.1, -0.05) is 30.3 Å². The monoisotopic (exact) mass is 277 g/mol. The van der Waals surface area contributed by atoms with Crippen molar-refractivity contribution in [2.45, 2.75) is 37.3 Å². The Bertz CT molecular complexity index is 402. The van der Waals surface area contributed by atoms with Crippen molar-refractivity contribution in [2.75, 3.05) is 18.1 Å². The second kappa shape index (κ2) is 5.86. The fourth-order valence-electron chi connectivity index (χ4n) is 3.39. The van der Waals surface area contributed by atoms with Gasteiger partial charge in [0.25, 0.3) is 0 Å². The van der Waals surface area contributed by atoms with Crippen molar-refractivity contribution < 1.29 is 4.74 Å². The second-order valence-corrected chi connectivity index (χ2v) is 7.05. The first-order valence-electron chi connectivity index (χ1n) is 7.30. The standard InChI is InChI=1S/C16H23NOS/c17-15(14-4-2-1-3-5-14)10-13-6-8-18-16(11-13)7-9-19-12-16/h1-5,13,15H,6-12,17H2. The van der Waals surface area contributed by atoms with Gasteiger partial charge >= 0.3 is 0 Å². The Morgan fingerprint density at radius 2 is 2.21 bits per heavy atom. The topological polar surface area (TPSA) is 35.2 Å². The third-order valence-corrected chi connectivity index (χ3v) is 5.70. The summed E-state index contributed by atoms with van der Waals surface area (Å²) < 4.78 is 6.08. The van der Waals surface area contributed by atoms with Gasteiger partial charge < -0.3 is 10.5 Å². The molecule has 0 amide bonds. The van der Waals surface area contributed by atoms with Crippen molar-refractivity contribution in [2.24, 2.45) is 11.7 Å². The van der Waals surface area contributed by atoms with Gasteiger partial charge in [0, 0.05) is 18.4 Å². The van der Waals surface area contributed by atoms with E-state index in [1.165, 1.54) is 36.3 Å². The highest BCUT2D eigenvalue weighted by molar-refractivity contribution is 7.99. The highest BCUT2D eigenvalue weighted by atomic mass is 32.2. The van der Waals surface area contributed by atoms with E-state index in [1.54, 1.807) is 0 Å². The molecular weight excluding hydrogens is 254 g/mol. The minimum absolute atomic E-state index is 0.176. The average Bonchev–Trinajstić information content (AvgIpc) is 2.88. The summed E-state index contributed by atoms with van der Waals surface area (Å²) in [5.74, 6) is 3.17. The Labute approximate surface area is 120 Å². The van der Waals surface area contributed by atoms with Crippen molar-refractivity contribution >= 4 is 11.8 Å². The smallest absolute Gasteiger partial charge is 0.0783 e. The summed E-state index contributed by atoms with van der Waals surface area (Å²) in [7, 11) is 0. The van der Waals surface area contributed by atoms with Crippen molar-refractivity contribution in [3.05, 3.63) is 35.9 Å². The molecule has 0 radical (unpaired) electrons. The molecule has 2 fully saturated rings.